The van der Waals surface area contributed by atoms with Gasteiger partial charge in [0, 0.05) is 75.7 Å². The van der Waals surface area contributed by atoms with Crippen molar-refractivity contribution in [3.05, 3.63) is 35.4 Å². The number of fused-ring (bicyclic) bond motifs is 5. The van der Waals surface area contributed by atoms with Crippen molar-refractivity contribution in [3.63, 3.8) is 0 Å². The Morgan fingerprint density at radius 1 is 0.548 bits per heavy atom. The van der Waals surface area contributed by atoms with E-state index in [1.807, 2.05) is 70.7 Å². The summed E-state index contributed by atoms with van der Waals surface area (Å²) in [7, 11) is 0. The highest BCUT2D eigenvalue weighted by atomic mass is 16.2. The van der Waals surface area contributed by atoms with Crippen molar-refractivity contribution in [2.75, 3.05) is 26.2 Å². The molecule has 7 aliphatic carbocycles. The number of rotatable bonds is 9. The Hall–Kier alpha value is -2.83. The van der Waals surface area contributed by atoms with E-state index in [9.17, 15) is 24.0 Å². The molecule has 10 fully saturated rings. The smallest absolute Gasteiger partial charge is 0.222 e. The van der Waals surface area contributed by atoms with Crippen molar-refractivity contribution >= 4 is 29.2 Å². The Labute approximate surface area is 378 Å². The molecule has 5 unspecified atom stereocenters. The summed E-state index contributed by atoms with van der Waals surface area (Å²) in [5.41, 5.74) is 3.77. The Bertz CT molecular complexity index is 1600. The van der Waals surface area contributed by atoms with Crippen LogP contribution in [0.4, 0.5) is 0 Å². The van der Waals surface area contributed by atoms with E-state index in [-0.39, 0.29) is 5.78 Å². The standard InChI is InChI=1S/C12H18.C11H19NO.C10H12O.C9H16O.C7H13NO.C6H10O/c1-2-11-5-8-3-9-4-10(7-11)12(9,11)6-8;1-2-11(13)12-7-9-3-4-10(8-12)6-5-9;1-3-10(11)9-7-5-4-6-8(9)2;1-2-9(10)8-6-4-3-5-7-8;1-2-7(9)8-5-3-4-6-8;1-2-6(7)5-3-4-5/h8-10H,2-7H2,1H3;9-10H,2-8H2,1H3;4-7H,3H2,1-2H3;8H,2-7H2,1H3;2-6H2,1H3;5H,2-4H2,1H3. The lowest BCUT2D eigenvalue weighted by Crippen LogP contribution is -2.66. The third-order valence-electron chi connectivity index (χ3n) is 17.1. The fourth-order valence-electron chi connectivity index (χ4n) is 13.4. The van der Waals surface area contributed by atoms with E-state index in [0.717, 1.165) is 98.5 Å². The number of hydrogen-bond acceptors (Lipinski definition) is 5. The molecule has 0 radical (unpaired) electrons. The van der Waals surface area contributed by atoms with Crippen LogP contribution in [0.2, 0.25) is 0 Å². The largest absolute Gasteiger partial charge is 0.343 e. The second-order valence-electron chi connectivity index (χ2n) is 20.8. The van der Waals surface area contributed by atoms with E-state index in [0.29, 0.717) is 54.5 Å². The van der Waals surface area contributed by atoms with Crippen LogP contribution in [0.15, 0.2) is 24.3 Å². The summed E-state index contributed by atoms with van der Waals surface area (Å²) in [6.07, 6.45) is 29.4. The lowest BCUT2D eigenvalue weighted by molar-refractivity contribution is -0.245. The fraction of sp³-hybridized carbons (Fsp3) is 0.800. The Kier molecular flexibility index (Phi) is 19.4. The number of nitrogens with zero attached hydrogens (tertiary/aromatic N) is 2. The summed E-state index contributed by atoms with van der Waals surface area (Å²) in [5, 5.41) is 0. The Morgan fingerprint density at radius 2 is 1.10 bits per heavy atom. The summed E-state index contributed by atoms with van der Waals surface area (Å²) in [5.74, 6) is 7.95. The van der Waals surface area contributed by atoms with Gasteiger partial charge in [-0.1, -0.05) is 85.1 Å². The number of hydrogen-bond donors (Lipinski definition) is 0. The first kappa shape index (κ1) is 50.2. The molecule has 5 atom stereocenters. The topological polar surface area (TPSA) is 91.8 Å². The van der Waals surface area contributed by atoms with Crippen molar-refractivity contribution in [2.24, 2.45) is 52.3 Å². The van der Waals surface area contributed by atoms with E-state index < -0.39 is 0 Å². The maximum Gasteiger partial charge on any atom is 0.222 e. The van der Waals surface area contributed by atoms with Gasteiger partial charge >= 0.3 is 0 Å². The van der Waals surface area contributed by atoms with Gasteiger partial charge < -0.3 is 9.80 Å². The van der Waals surface area contributed by atoms with Gasteiger partial charge in [0.05, 0.1) is 0 Å². The zero-order chi connectivity index (χ0) is 44.9. The van der Waals surface area contributed by atoms with E-state index in [4.69, 9.17) is 0 Å². The lowest BCUT2D eigenvalue weighted by Gasteiger charge is -2.73. The first-order valence-corrected chi connectivity index (χ1v) is 26.1. The minimum absolute atomic E-state index is 0.225. The summed E-state index contributed by atoms with van der Waals surface area (Å²) in [6, 6.07) is 7.68. The number of likely N-dealkylation sites (tertiary alicyclic amines) is 1. The molecule has 3 aliphatic heterocycles. The van der Waals surface area contributed by atoms with Crippen molar-refractivity contribution in [1.82, 2.24) is 9.80 Å². The van der Waals surface area contributed by atoms with Gasteiger partial charge in [0.15, 0.2) is 5.78 Å². The summed E-state index contributed by atoms with van der Waals surface area (Å²) >= 11 is 0. The predicted molar refractivity (Wildman–Crippen MR) is 253 cm³/mol. The monoisotopic (exact) mass is 857 g/mol. The maximum atomic E-state index is 11.6. The fourth-order valence-corrected chi connectivity index (χ4v) is 13.4. The minimum atomic E-state index is 0.225. The van der Waals surface area contributed by atoms with Gasteiger partial charge in [0.1, 0.15) is 11.6 Å². The van der Waals surface area contributed by atoms with Crippen LogP contribution in [0.3, 0.4) is 0 Å². The van der Waals surface area contributed by atoms with E-state index in [2.05, 4.69) is 11.8 Å². The third kappa shape index (κ3) is 12.3. The second kappa shape index (κ2) is 23.9. The molecule has 1 aromatic rings. The molecule has 11 rings (SSSR count). The minimum Gasteiger partial charge on any atom is -0.343 e. The highest BCUT2D eigenvalue weighted by Gasteiger charge is 2.79. The SMILES string of the molecule is CCC(=O)C1CC1.CCC(=O)C1CCCCC1.CCC(=O)N1CC2CCC(CC2)C1.CCC(=O)N1CCCC1.CCC(=O)c1ccccc1C.CCC12CC3CC4CC(C1)C42C3. The number of carbonyl (C=O) groups excluding carboxylic acids is 5. The van der Waals surface area contributed by atoms with Crippen molar-refractivity contribution in [1.29, 1.82) is 0 Å². The maximum absolute atomic E-state index is 11.6. The van der Waals surface area contributed by atoms with Crippen LogP contribution in [-0.2, 0) is 19.2 Å². The number of amides is 2. The molecule has 10 aliphatic rings. The molecule has 0 aromatic heterocycles. The molecular weight excluding hydrogens is 769 g/mol. The molecule has 348 valence electrons. The van der Waals surface area contributed by atoms with Crippen LogP contribution in [0, 0.1) is 59.2 Å². The van der Waals surface area contributed by atoms with E-state index in [1.54, 1.807) is 32.1 Å². The van der Waals surface area contributed by atoms with E-state index >= 15 is 0 Å². The average Bonchev–Trinajstić information content (AvgIpc) is 3.92. The van der Waals surface area contributed by atoms with Gasteiger partial charge in [-0.25, -0.2) is 0 Å². The molecular formula is C55H88N2O5. The van der Waals surface area contributed by atoms with E-state index in [1.165, 1.54) is 82.0 Å². The number of benzene rings is 1. The summed E-state index contributed by atoms with van der Waals surface area (Å²) < 4.78 is 0. The number of ketones is 3. The van der Waals surface area contributed by atoms with Crippen LogP contribution >= 0.6 is 0 Å². The molecule has 3 heterocycles. The summed E-state index contributed by atoms with van der Waals surface area (Å²) in [6.45, 7) is 18.2. The first-order valence-electron chi connectivity index (χ1n) is 26.1. The number of aryl methyl sites for hydroxylation is 1. The molecule has 7 nitrogen and oxygen atoms in total. The highest BCUT2D eigenvalue weighted by Crippen LogP contribution is 2.87. The van der Waals surface area contributed by atoms with Crippen molar-refractivity contribution in [2.45, 2.75) is 203 Å². The van der Waals surface area contributed by atoms with Gasteiger partial charge in [-0.3, -0.25) is 24.0 Å². The highest BCUT2D eigenvalue weighted by molar-refractivity contribution is 5.97. The van der Waals surface area contributed by atoms with Gasteiger partial charge in [0.25, 0.3) is 0 Å². The van der Waals surface area contributed by atoms with Crippen LogP contribution < -0.4 is 0 Å². The lowest BCUT2D eigenvalue weighted by atomic mass is 9.31. The molecule has 1 aromatic carbocycles. The molecule has 2 amide bonds. The molecule has 1 spiro atoms. The molecule has 7 saturated carbocycles. The third-order valence-corrected chi connectivity index (χ3v) is 17.1. The van der Waals surface area contributed by atoms with Gasteiger partial charge in [-0.15, -0.1) is 0 Å². The Balaban J connectivity index is 0.000000142. The molecule has 3 saturated heterocycles. The zero-order valence-electron chi connectivity index (χ0n) is 40.6. The van der Waals surface area contributed by atoms with Gasteiger partial charge in [-0.2, -0.15) is 0 Å². The van der Waals surface area contributed by atoms with Crippen LogP contribution in [0.5, 0.6) is 0 Å². The summed E-state index contributed by atoms with van der Waals surface area (Å²) in [4.78, 5) is 59.5. The van der Waals surface area contributed by atoms with Crippen molar-refractivity contribution in [3.8, 4) is 0 Å². The molecule has 4 bridgehead atoms. The van der Waals surface area contributed by atoms with Crippen molar-refractivity contribution < 1.29 is 24.0 Å². The van der Waals surface area contributed by atoms with Gasteiger partial charge in [-0.05, 0) is 156 Å². The first-order chi connectivity index (χ1) is 29.9. The Morgan fingerprint density at radius 3 is 1.55 bits per heavy atom. The number of Topliss-reactive ketones (excluding diaryl/α,β-unsaturated/α-hetero) is 3. The second-order valence-corrected chi connectivity index (χ2v) is 20.8. The molecule has 62 heavy (non-hydrogen) atoms. The van der Waals surface area contributed by atoms with Crippen LogP contribution in [0.1, 0.15) is 212 Å². The normalized spacial score (nSPS) is 30.5. The number of carbonyl (C=O) groups is 5. The average molecular weight is 857 g/mol. The zero-order valence-corrected chi connectivity index (χ0v) is 40.6. The van der Waals surface area contributed by atoms with Crippen LogP contribution in [-0.4, -0.2) is 65.1 Å². The van der Waals surface area contributed by atoms with Crippen LogP contribution in [0.25, 0.3) is 0 Å². The predicted octanol–water partition coefficient (Wildman–Crippen LogP) is 12.8. The molecule has 7 heteroatoms. The van der Waals surface area contributed by atoms with Gasteiger partial charge in [0.2, 0.25) is 11.8 Å². The molecule has 0 N–H and O–H groups in total. The quantitative estimate of drug-likeness (QED) is 0.231.